The SMILES string of the molecule is O=C(Nc1cc(C(F)(F)F)ccc1OC1COC1)NC1CCC(Oc2ccnc(-c3ccncc3)n2)CC1. The zero-order chi connectivity index (χ0) is 26.5. The molecule has 0 atom stereocenters. The van der Waals surface area contributed by atoms with Gasteiger partial charge in [-0.3, -0.25) is 4.98 Å². The van der Waals surface area contributed by atoms with Crippen LogP contribution in [0.5, 0.6) is 11.6 Å². The van der Waals surface area contributed by atoms with Crippen LogP contribution in [0.25, 0.3) is 11.4 Å². The number of amides is 2. The molecule has 200 valence electrons. The number of hydrogen-bond donors (Lipinski definition) is 2. The Kier molecular flexibility index (Phi) is 7.59. The molecule has 2 aromatic heterocycles. The Morgan fingerprint density at radius 3 is 2.39 bits per heavy atom. The second-order valence-corrected chi connectivity index (χ2v) is 9.13. The maximum atomic E-state index is 13.2. The number of alkyl halides is 3. The van der Waals surface area contributed by atoms with Gasteiger partial charge in [0.1, 0.15) is 18.0 Å². The van der Waals surface area contributed by atoms with Crippen molar-refractivity contribution >= 4 is 11.7 Å². The summed E-state index contributed by atoms with van der Waals surface area (Å²) < 4.78 is 56.5. The zero-order valence-electron chi connectivity index (χ0n) is 20.3. The van der Waals surface area contributed by atoms with Gasteiger partial charge in [0.15, 0.2) is 5.82 Å². The van der Waals surface area contributed by atoms with Crippen LogP contribution < -0.4 is 20.1 Å². The molecule has 38 heavy (non-hydrogen) atoms. The second-order valence-electron chi connectivity index (χ2n) is 9.13. The van der Waals surface area contributed by atoms with E-state index in [0.29, 0.717) is 50.6 Å². The van der Waals surface area contributed by atoms with E-state index in [-0.39, 0.29) is 29.7 Å². The van der Waals surface area contributed by atoms with Gasteiger partial charge in [-0.05, 0) is 56.0 Å². The molecule has 0 unspecified atom stereocenters. The number of hydrogen-bond acceptors (Lipinski definition) is 7. The summed E-state index contributed by atoms with van der Waals surface area (Å²) in [7, 11) is 0. The van der Waals surface area contributed by atoms with E-state index in [1.165, 1.54) is 6.07 Å². The third-order valence-corrected chi connectivity index (χ3v) is 6.32. The molecular weight excluding hydrogens is 503 g/mol. The third-order valence-electron chi connectivity index (χ3n) is 6.32. The minimum Gasteiger partial charge on any atom is -0.483 e. The number of carbonyl (C=O) groups excluding carboxylic acids is 1. The molecule has 1 saturated carbocycles. The molecule has 9 nitrogen and oxygen atoms in total. The molecule has 2 fully saturated rings. The predicted octanol–water partition coefficient (Wildman–Crippen LogP) is 4.85. The Balaban J connectivity index is 1.15. The quantitative estimate of drug-likeness (QED) is 0.451. The summed E-state index contributed by atoms with van der Waals surface area (Å²) in [5.41, 5.74) is -0.0887. The summed E-state index contributed by atoms with van der Waals surface area (Å²) in [4.78, 5) is 25.4. The number of nitrogens with zero attached hydrogens (tertiary/aromatic N) is 3. The molecule has 0 bridgehead atoms. The van der Waals surface area contributed by atoms with Gasteiger partial charge in [0.25, 0.3) is 0 Å². The number of anilines is 1. The van der Waals surface area contributed by atoms with E-state index in [1.807, 2.05) is 12.1 Å². The molecular formula is C26H26F3N5O4. The van der Waals surface area contributed by atoms with Crippen LogP contribution in [0.15, 0.2) is 55.0 Å². The number of benzene rings is 1. The predicted molar refractivity (Wildman–Crippen MR) is 131 cm³/mol. The molecule has 12 heteroatoms. The van der Waals surface area contributed by atoms with Gasteiger partial charge in [-0.15, -0.1) is 0 Å². The van der Waals surface area contributed by atoms with Gasteiger partial charge >= 0.3 is 12.2 Å². The van der Waals surface area contributed by atoms with Crippen molar-refractivity contribution in [3.8, 4) is 23.0 Å². The maximum absolute atomic E-state index is 13.2. The van der Waals surface area contributed by atoms with Crippen molar-refractivity contribution in [1.29, 1.82) is 0 Å². The van der Waals surface area contributed by atoms with E-state index in [9.17, 15) is 18.0 Å². The second kappa shape index (κ2) is 11.2. The van der Waals surface area contributed by atoms with Crippen molar-refractivity contribution in [2.75, 3.05) is 18.5 Å². The van der Waals surface area contributed by atoms with Gasteiger partial charge in [0, 0.05) is 36.3 Å². The lowest BCUT2D eigenvalue weighted by Crippen LogP contribution is -2.42. The number of halogens is 3. The standard InChI is InChI=1S/C26H26F3N5O4/c27-26(28,29)17-1-6-22(37-20-14-36-15-20)21(13-17)33-25(35)32-18-2-4-19(5-3-18)38-23-9-12-31-24(34-23)16-7-10-30-11-8-16/h1,6-13,18-20H,2-5,14-15H2,(H2,32,33,35). The van der Waals surface area contributed by atoms with Gasteiger partial charge in [-0.2, -0.15) is 18.2 Å². The van der Waals surface area contributed by atoms with Crippen molar-refractivity contribution < 1.29 is 32.2 Å². The van der Waals surface area contributed by atoms with Crippen LogP contribution in [0.3, 0.4) is 0 Å². The number of aromatic nitrogens is 3. The molecule has 0 radical (unpaired) electrons. The highest BCUT2D eigenvalue weighted by atomic mass is 19.4. The van der Waals surface area contributed by atoms with Crippen LogP contribution in [0.1, 0.15) is 31.2 Å². The Bertz CT molecular complexity index is 1250. The van der Waals surface area contributed by atoms with Crippen molar-refractivity contribution in [3.05, 3.63) is 60.6 Å². The Labute approximate surface area is 216 Å². The highest BCUT2D eigenvalue weighted by molar-refractivity contribution is 5.91. The maximum Gasteiger partial charge on any atom is 0.416 e. The molecule has 2 amide bonds. The van der Waals surface area contributed by atoms with Crippen LogP contribution in [0.4, 0.5) is 23.7 Å². The van der Waals surface area contributed by atoms with Crippen molar-refractivity contribution in [2.24, 2.45) is 0 Å². The summed E-state index contributed by atoms with van der Waals surface area (Å²) in [6, 6.07) is 7.61. The highest BCUT2D eigenvalue weighted by Crippen LogP contribution is 2.36. The fourth-order valence-electron chi connectivity index (χ4n) is 4.26. The molecule has 1 aromatic carbocycles. The largest absolute Gasteiger partial charge is 0.483 e. The van der Waals surface area contributed by atoms with Gasteiger partial charge in [-0.25, -0.2) is 9.78 Å². The molecule has 1 aliphatic carbocycles. The van der Waals surface area contributed by atoms with E-state index >= 15 is 0 Å². The summed E-state index contributed by atoms with van der Waals surface area (Å²) in [5, 5.41) is 5.38. The van der Waals surface area contributed by atoms with Crippen LogP contribution in [-0.4, -0.2) is 52.4 Å². The number of urea groups is 1. The fraction of sp³-hybridized carbons (Fsp3) is 0.385. The van der Waals surface area contributed by atoms with Crippen molar-refractivity contribution in [3.63, 3.8) is 0 Å². The first-order valence-corrected chi connectivity index (χ1v) is 12.3. The lowest BCUT2D eigenvalue weighted by Gasteiger charge is -2.30. The number of rotatable bonds is 7. The average Bonchev–Trinajstić information content (AvgIpc) is 2.88. The van der Waals surface area contributed by atoms with Gasteiger partial charge in [-0.1, -0.05) is 0 Å². The Hall–Kier alpha value is -3.93. The summed E-state index contributed by atoms with van der Waals surface area (Å²) in [6.45, 7) is 0.691. The molecule has 0 spiro atoms. The van der Waals surface area contributed by atoms with Gasteiger partial charge in [0.05, 0.1) is 24.5 Å². The van der Waals surface area contributed by atoms with Gasteiger partial charge < -0.3 is 24.8 Å². The molecule has 2 N–H and O–H groups in total. The number of carbonyl (C=O) groups is 1. The lowest BCUT2D eigenvalue weighted by molar-refractivity contribution is -0.137. The highest BCUT2D eigenvalue weighted by Gasteiger charge is 2.32. The van der Waals surface area contributed by atoms with Crippen molar-refractivity contribution in [1.82, 2.24) is 20.3 Å². The Morgan fingerprint density at radius 1 is 0.947 bits per heavy atom. The third kappa shape index (κ3) is 6.49. The van der Waals surface area contributed by atoms with Crippen LogP contribution in [0, 0.1) is 0 Å². The monoisotopic (exact) mass is 529 g/mol. The van der Waals surface area contributed by atoms with Crippen molar-refractivity contribution in [2.45, 2.75) is 50.1 Å². The zero-order valence-corrected chi connectivity index (χ0v) is 20.3. The molecule has 1 aliphatic heterocycles. The molecule has 3 aromatic rings. The first-order valence-electron chi connectivity index (χ1n) is 12.3. The smallest absolute Gasteiger partial charge is 0.416 e. The average molecular weight is 530 g/mol. The first kappa shape index (κ1) is 25.7. The molecule has 5 rings (SSSR count). The van der Waals surface area contributed by atoms with E-state index in [0.717, 1.165) is 17.7 Å². The normalized spacial score (nSPS) is 19.8. The summed E-state index contributed by atoms with van der Waals surface area (Å²) >= 11 is 0. The Morgan fingerprint density at radius 2 is 1.71 bits per heavy atom. The van der Waals surface area contributed by atoms with E-state index in [1.54, 1.807) is 24.7 Å². The number of pyridine rings is 1. The molecule has 3 heterocycles. The number of ether oxygens (including phenoxy) is 3. The number of nitrogens with one attached hydrogen (secondary N) is 2. The van der Waals surface area contributed by atoms with Crippen LogP contribution in [-0.2, 0) is 10.9 Å². The van der Waals surface area contributed by atoms with E-state index in [2.05, 4.69) is 25.6 Å². The topological polar surface area (TPSA) is 107 Å². The minimum absolute atomic E-state index is 0.0463. The van der Waals surface area contributed by atoms with Crippen LogP contribution in [0.2, 0.25) is 0 Å². The first-order chi connectivity index (χ1) is 18.3. The fourth-order valence-corrected chi connectivity index (χ4v) is 4.26. The van der Waals surface area contributed by atoms with Gasteiger partial charge in [0.2, 0.25) is 5.88 Å². The van der Waals surface area contributed by atoms with Crippen LogP contribution >= 0.6 is 0 Å². The summed E-state index contributed by atoms with van der Waals surface area (Å²) in [6.07, 6.45) is 2.73. The molecule has 2 aliphatic rings. The van der Waals surface area contributed by atoms with E-state index < -0.39 is 17.8 Å². The summed E-state index contributed by atoms with van der Waals surface area (Å²) in [5.74, 6) is 1.17. The lowest BCUT2D eigenvalue weighted by atomic mass is 9.93. The van der Waals surface area contributed by atoms with E-state index in [4.69, 9.17) is 14.2 Å². The minimum atomic E-state index is -4.55. The molecule has 1 saturated heterocycles.